The Labute approximate surface area is 255 Å². The Morgan fingerprint density at radius 1 is 1.00 bits per heavy atom. The van der Waals surface area contributed by atoms with Gasteiger partial charge in [-0.05, 0) is 106 Å². The molecule has 0 spiro atoms. The predicted molar refractivity (Wildman–Crippen MR) is 165 cm³/mol. The summed E-state index contributed by atoms with van der Waals surface area (Å²) in [6.45, 7) is 8.93. The van der Waals surface area contributed by atoms with Crippen molar-refractivity contribution < 1.29 is 13.7 Å². The number of anilines is 1. The van der Waals surface area contributed by atoms with Gasteiger partial charge in [0.2, 0.25) is 11.8 Å². The van der Waals surface area contributed by atoms with Gasteiger partial charge in [0.05, 0.1) is 20.6 Å². The number of hydrogen-bond acceptors (Lipinski definition) is 7. The smallest absolute Gasteiger partial charge is 0.234 e. The molecule has 0 unspecified atom stereocenters. The highest BCUT2D eigenvalue weighted by Gasteiger charge is 2.73. The molecule has 43 heavy (non-hydrogen) atoms. The number of fused-ring (bicyclic) bond motifs is 4. The SMILES string of the molecule is Cc1nc2ccc(-c3ccnc(N(CC45CCC(c6noc(C(C)(C)C)n6)(CC4)CC5)C(=O)C45CC(F)(C4)C5)c3)cc2s1. The predicted octanol–water partition coefficient (Wildman–Crippen LogP) is 7.86. The number of carbonyl (C=O) groups excluding carboxylic acids is 1. The van der Waals surface area contributed by atoms with Crippen molar-refractivity contribution in [1.82, 2.24) is 20.1 Å². The second-order valence-corrected chi connectivity index (χ2v) is 16.4. The number of aromatic nitrogens is 4. The number of benzene rings is 1. The fraction of sp³-hybridized carbons (Fsp3) is 0.559. The molecule has 1 amide bonds. The monoisotopic (exact) mass is 599 g/mol. The van der Waals surface area contributed by atoms with Gasteiger partial charge in [-0.3, -0.25) is 9.69 Å². The van der Waals surface area contributed by atoms with Crippen molar-refractivity contribution in [2.75, 3.05) is 11.4 Å². The Bertz CT molecular complexity index is 1730. The van der Waals surface area contributed by atoms with Crippen molar-refractivity contribution in [3.05, 3.63) is 53.3 Å². The number of amides is 1. The Morgan fingerprint density at radius 3 is 2.35 bits per heavy atom. The zero-order valence-electron chi connectivity index (χ0n) is 25.4. The summed E-state index contributed by atoms with van der Waals surface area (Å²) in [5.41, 5.74) is 1.17. The molecule has 0 aliphatic heterocycles. The summed E-state index contributed by atoms with van der Waals surface area (Å²) in [4.78, 5) is 30.4. The van der Waals surface area contributed by atoms with Gasteiger partial charge in [-0.25, -0.2) is 14.4 Å². The molecule has 1 aromatic carbocycles. The average Bonchev–Trinajstić information content (AvgIpc) is 3.61. The Hall–Kier alpha value is -3.20. The van der Waals surface area contributed by atoms with Crippen molar-refractivity contribution in [3.8, 4) is 11.1 Å². The molecule has 6 aliphatic carbocycles. The van der Waals surface area contributed by atoms with Crippen LogP contribution in [0.4, 0.5) is 10.2 Å². The van der Waals surface area contributed by atoms with Crippen LogP contribution in [0.25, 0.3) is 21.3 Å². The highest BCUT2D eigenvalue weighted by molar-refractivity contribution is 7.18. The summed E-state index contributed by atoms with van der Waals surface area (Å²) in [7, 11) is 0. The largest absolute Gasteiger partial charge is 0.339 e. The van der Waals surface area contributed by atoms with Crippen LogP contribution in [0.1, 0.15) is 95.3 Å². The molecule has 6 aliphatic rings. The number of thiazole rings is 1. The lowest BCUT2D eigenvalue weighted by molar-refractivity contribution is -0.211. The van der Waals surface area contributed by atoms with Crippen LogP contribution in [-0.4, -0.2) is 38.2 Å². The molecule has 3 aromatic heterocycles. The Kier molecular flexibility index (Phi) is 5.68. The van der Waals surface area contributed by atoms with Gasteiger partial charge in [-0.1, -0.05) is 32.0 Å². The molecule has 3 heterocycles. The topological polar surface area (TPSA) is 85.0 Å². The van der Waals surface area contributed by atoms with Crippen LogP contribution < -0.4 is 4.90 Å². The standard InChI is InChI=1S/C34H38FN5O2S/c1-21-37-24-6-5-22(15-25(24)43-21)23-7-14-36-26(16-23)40(29(41)33-17-34(35,18-33)19-33)20-31-8-11-32(12-9-31,13-10-31)27-38-28(42-39-27)30(2,3)4/h5-7,14-16H,8-13,17-20H2,1-4H3. The van der Waals surface area contributed by atoms with E-state index in [0.717, 1.165) is 70.7 Å². The minimum absolute atomic E-state index is 0.00169. The number of carbonyl (C=O) groups is 1. The molecular formula is C34H38FN5O2S. The minimum Gasteiger partial charge on any atom is -0.339 e. The second kappa shape index (κ2) is 8.93. The van der Waals surface area contributed by atoms with Crippen molar-refractivity contribution >= 4 is 33.3 Å². The van der Waals surface area contributed by atoms with Crippen LogP contribution in [0, 0.1) is 17.8 Å². The maximum absolute atomic E-state index is 14.6. The van der Waals surface area contributed by atoms with Crippen LogP contribution >= 0.6 is 11.3 Å². The van der Waals surface area contributed by atoms with E-state index in [9.17, 15) is 9.18 Å². The van der Waals surface area contributed by atoms with Crippen molar-refractivity contribution in [1.29, 1.82) is 0 Å². The number of aryl methyl sites for hydroxylation is 1. The van der Waals surface area contributed by atoms with Gasteiger partial charge in [-0.15, -0.1) is 11.3 Å². The summed E-state index contributed by atoms with van der Waals surface area (Å²) in [6.07, 6.45) is 8.79. The number of halogens is 1. The first kappa shape index (κ1) is 27.4. The molecule has 224 valence electrons. The highest BCUT2D eigenvalue weighted by atomic mass is 32.1. The first-order valence-electron chi connectivity index (χ1n) is 15.6. The van der Waals surface area contributed by atoms with Gasteiger partial charge in [-0.2, -0.15) is 4.98 Å². The van der Waals surface area contributed by atoms with Crippen LogP contribution in [0.15, 0.2) is 41.1 Å². The summed E-state index contributed by atoms with van der Waals surface area (Å²) >= 11 is 1.68. The van der Waals surface area contributed by atoms with E-state index >= 15 is 0 Å². The van der Waals surface area contributed by atoms with Crippen molar-refractivity contribution in [2.24, 2.45) is 10.8 Å². The van der Waals surface area contributed by atoms with E-state index in [1.54, 1.807) is 17.5 Å². The molecule has 7 nitrogen and oxygen atoms in total. The lowest BCUT2D eigenvalue weighted by Crippen LogP contribution is -2.71. The van der Waals surface area contributed by atoms with Gasteiger partial charge < -0.3 is 4.52 Å². The van der Waals surface area contributed by atoms with E-state index < -0.39 is 11.1 Å². The number of pyridine rings is 1. The summed E-state index contributed by atoms with van der Waals surface area (Å²) in [5, 5.41) is 5.50. The van der Waals surface area contributed by atoms with Crippen LogP contribution in [0.5, 0.6) is 0 Å². The van der Waals surface area contributed by atoms with Gasteiger partial charge in [0.1, 0.15) is 11.5 Å². The van der Waals surface area contributed by atoms with Gasteiger partial charge in [0, 0.05) is 23.6 Å². The zero-order chi connectivity index (χ0) is 29.8. The van der Waals surface area contributed by atoms with E-state index in [1.807, 2.05) is 24.0 Å². The third-order valence-electron chi connectivity index (χ3n) is 11.0. The average molecular weight is 600 g/mol. The Balaban J connectivity index is 1.09. The van der Waals surface area contributed by atoms with Crippen LogP contribution in [0.3, 0.4) is 0 Å². The van der Waals surface area contributed by atoms with E-state index in [-0.39, 0.29) is 22.2 Å². The minimum atomic E-state index is -1.14. The molecule has 4 bridgehead atoms. The molecule has 6 fully saturated rings. The zero-order valence-corrected chi connectivity index (χ0v) is 26.2. The lowest BCUT2D eigenvalue weighted by Gasteiger charge is -2.65. The molecular weight excluding hydrogens is 561 g/mol. The number of hydrogen-bond donors (Lipinski definition) is 0. The van der Waals surface area contributed by atoms with E-state index in [4.69, 9.17) is 14.5 Å². The van der Waals surface area contributed by atoms with Gasteiger partial charge >= 0.3 is 0 Å². The van der Waals surface area contributed by atoms with E-state index in [2.05, 4.69) is 49.1 Å². The van der Waals surface area contributed by atoms with Crippen LogP contribution in [-0.2, 0) is 15.6 Å². The molecule has 6 saturated carbocycles. The molecule has 0 N–H and O–H groups in total. The first-order chi connectivity index (χ1) is 20.4. The molecule has 0 saturated heterocycles. The van der Waals surface area contributed by atoms with Gasteiger partial charge in [0.25, 0.3) is 0 Å². The molecule has 10 rings (SSSR count). The first-order valence-corrected chi connectivity index (χ1v) is 16.4. The maximum atomic E-state index is 14.6. The fourth-order valence-electron chi connectivity index (χ4n) is 8.31. The summed E-state index contributed by atoms with van der Waals surface area (Å²) in [5.74, 6) is 2.26. The third kappa shape index (κ3) is 4.28. The molecule has 0 atom stereocenters. The van der Waals surface area contributed by atoms with E-state index in [1.165, 1.54) is 0 Å². The lowest BCUT2D eigenvalue weighted by atomic mass is 9.41. The molecule has 0 radical (unpaired) electrons. The Morgan fingerprint density at radius 2 is 1.70 bits per heavy atom. The number of alkyl halides is 1. The maximum Gasteiger partial charge on any atom is 0.234 e. The molecule has 9 heteroatoms. The quantitative estimate of drug-likeness (QED) is 0.224. The summed E-state index contributed by atoms with van der Waals surface area (Å²) < 4.78 is 21.5. The van der Waals surface area contributed by atoms with Crippen molar-refractivity contribution in [3.63, 3.8) is 0 Å². The number of nitrogens with zero attached hydrogens (tertiary/aromatic N) is 5. The highest BCUT2D eigenvalue weighted by Crippen LogP contribution is 2.70. The van der Waals surface area contributed by atoms with Crippen molar-refractivity contribution in [2.45, 2.75) is 102 Å². The van der Waals surface area contributed by atoms with E-state index in [0.29, 0.717) is 37.5 Å². The number of rotatable bonds is 6. The van der Waals surface area contributed by atoms with Gasteiger partial charge in [0.15, 0.2) is 5.82 Å². The fourth-order valence-corrected chi connectivity index (χ4v) is 9.18. The van der Waals surface area contributed by atoms with Crippen LogP contribution in [0.2, 0.25) is 0 Å². The second-order valence-electron chi connectivity index (χ2n) is 15.1. The normalized spacial score (nSPS) is 31.1. The summed E-state index contributed by atoms with van der Waals surface area (Å²) in [6, 6.07) is 10.4. The third-order valence-corrected chi connectivity index (χ3v) is 11.9. The molecule has 4 aromatic rings.